The van der Waals surface area contributed by atoms with Gasteiger partial charge in [-0.05, 0) is 12.1 Å². The van der Waals surface area contributed by atoms with Crippen molar-refractivity contribution >= 4 is 11.8 Å². The van der Waals surface area contributed by atoms with Crippen LogP contribution in [0.25, 0.3) is 0 Å². The topological polar surface area (TPSA) is 82.7 Å². The minimum Gasteiger partial charge on any atom is -0.460 e. The van der Waals surface area contributed by atoms with Crippen molar-refractivity contribution in [2.75, 3.05) is 0 Å². The first-order valence-electron chi connectivity index (χ1n) is 4.82. The van der Waals surface area contributed by atoms with Gasteiger partial charge in [-0.25, -0.2) is 9.63 Å². The standard InChI is InChI=1S/C10H10N2O4/c13-8-4-5-9(14)12(8)16-10(15)7-3-1-2-6-11-7/h1-3,6,10,15H,4-5H2/p+1. The molecule has 0 bridgehead atoms. The second-order valence-corrected chi connectivity index (χ2v) is 3.32. The highest BCUT2D eigenvalue weighted by Gasteiger charge is 2.37. The van der Waals surface area contributed by atoms with E-state index < -0.39 is 6.29 Å². The zero-order valence-corrected chi connectivity index (χ0v) is 8.41. The fourth-order valence-corrected chi connectivity index (χ4v) is 1.36. The summed E-state index contributed by atoms with van der Waals surface area (Å²) in [7, 11) is 0. The lowest BCUT2D eigenvalue weighted by molar-refractivity contribution is -0.749. The normalized spacial score (nSPS) is 17.7. The lowest BCUT2D eigenvalue weighted by atomic mass is 10.3. The highest BCUT2D eigenvalue weighted by Crippen LogP contribution is 2.14. The van der Waals surface area contributed by atoms with Crippen LogP contribution in [0.15, 0.2) is 24.4 Å². The molecule has 84 valence electrons. The maximum Gasteiger partial charge on any atom is 0.438 e. The van der Waals surface area contributed by atoms with Gasteiger partial charge in [0.25, 0.3) is 0 Å². The van der Waals surface area contributed by atoms with E-state index >= 15 is 0 Å². The third kappa shape index (κ3) is 2.01. The van der Waals surface area contributed by atoms with E-state index in [4.69, 9.17) is 4.84 Å². The number of hydroxylamine groups is 1. The molecule has 0 saturated heterocycles. The molecule has 0 radical (unpaired) electrons. The second kappa shape index (κ2) is 4.28. The molecule has 1 aromatic rings. The molecule has 1 aliphatic rings. The van der Waals surface area contributed by atoms with Crippen molar-refractivity contribution in [3.63, 3.8) is 0 Å². The fourth-order valence-electron chi connectivity index (χ4n) is 1.36. The molecule has 1 aliphatic heterocycles. The van der Waals surface area contributed by atoms with Crippen LogP contribution in [0.2, 0.25) is 0 Å². The molecule has 0 spiro atoms. The van der Waals surface area contributed by atoms with Crippen molar-refractivity contribution < 1.29 is 24.6 Å². The number of aliphatic hydroxyl groups is 2. The first-order valence-corrected chi connectivity index (χ1v) is 4.82. The van der Waals surface area contributed by atoms with Crippen LogP contribution in [0.4, 0.5) is 0 Å². The van der Waals surface area contributed by atoms with Crippen molar-refractivity contribution in [1.82, 2.24) is 4.98 Å². The predicted molar refractivity (Wildman–Crippen MR) is 52.4 cm³/mol. The quantitative estimate of drug-likeness (QED) is 0.568. The minimum absolute atomic E-state index is 0.181. The van der Waals surface area contributed by atoms with Gasteiger partial charge in [0.05, 0.1) is 17.6 Å². The number of aliphatic hydroxyl groups excluding tert-OH is 2. The Morgan fingerprint density at radius 1 is 1.44 bits per heavy atom. The molecule has 0 saturated carbocycles. The molecule has 6 nitrogen and oxygen atoms in total. The number of amides is 1. The van der Waals surface area contributed by atoms with E-state index in [1.807, 2.05) is 0 Å². The summed E-state index contributed by atoms with van der Waals surface area (Å²) < 4.78 is 0.708. The van der Waals surface area contributed by atoms with Gasteiger partial charge in [-0.15, -0.1) is 0 Å². The van der Waals surface area contributed by atoms with Crippen molar-refractivity contribution in [2.45, 2.75) is 19.1 Å². The van der Waals surface area contributed by atoms with Crippen molar-refractivity contribution in [1.29, 1.82) is 0 Å². The Labute approximate surface area is 91.4 Å². The summed E-state index contributed by atoms with van der Waals surface area (Å²) in [5.41, 5.74) is 0.273. The van der Waals surface area contributed by atoms with Crippen LogP contribution in [-0.4, -0.2) is 31.7 Å². The van der Waals surface area contributed by atoms with E-state index in [1.165, 1.54) is 6.20 Å². The maximum absolute atomic E-state index is 11.2. The van der Waals surface area contributed by atoms with Crippen LogP contribution in [-0.2, 0) is 9.63 Å². The van der Waals surface area contributed by atoms with E-state index in [2.05, 4.69) is 4.98 Å². The monoisotopic (exact) mass is 223 g/mol. The number of hydrogen-bond donors (Lipinski definition) is 2. The van der Waals surface area contributed by atoms with Crippen LogP contribution in [0, 0.1) is 0 Å². The molecule has 1 unspecified atom stereocenters. The molecule has 0 aliphatic carbocycles. The lowest BCUT2D eigenvalue weighted by Crippen LogP contribution is -2.23. The Morgan fingerprint density at radius 3 is 2.81 bits per heavy atom. The number of aromatic nitrogens is 1. The van der Waals surface area contributed by atoms with Gasteiger partial charge in [-0.3, -0.25) is 4.98 Å². The van der Waals surface area contributed by atoms with Gasteiger partial charge in [0.15, 0.2) is 0 Å². The predicted octanol–water partition coefficient (Wildman–Crippen LogP) is 0.294. The zero-order chi connectivity index (χ0) is 11.5. The summed E-state index contributed by atoms with van der Waals surface area (Å²) in [6, 6.07) is 4.94. The van der Waals surface area contributed by atoms with Gasteiger partial charge in [0.1, 0.15) is 5.69 Å². The molecule has 1 aromatic heterocycles. The molecule has 2 rings (SSSR count). The van der Waals surface area contributed by atoms with Crippen LogP contribution in [0.1, 0.15) is 24.8 Å². The summed E-state index contributed by atoms with van der Waals surface area (Å²) >= 11 is 0. The largest absolute Gasteiger partial charge is 0.460 e. The average molecular weight is 223 g/mol. The highest BCUT2D eigenvalue weighted by molar-refractivity contribution is 5.85. The molecular formula is C10H11N2O4+. The number of carbonyl (C=O) groups is 1. The van der Waals surface area contributed by atoms with Gasteiger partial charge in [0, 0.05) is 6.20 Å². The lowest BCUT2D eigenvalue weighted by Gasteiger charge is -2.05. The summed E-state index contributed by atoms with van der Waals surface area (Å²) in [6.45, 7) is 0. The minimum atomic E-state index is -1.37. The zero-order valence-electron chi connectivity index (χ0n) is 8.41. The molecule has 0 aromatic carbocycles. The molecule has 6 heteroatoms. The Hall–Kier alpha value is -1.95. The Bertz CT molecular complexity index is 430. The highest BCUT2D eigenvalue weighted by atomic mass is 16.7. The van der Waals surface area contributed by atoms with E-state index in [9.17, 15) is 15.0 Å². The average Bonchev–Trinajstić information content (AvgIpc) is 2.62. The third-order valence-corrected chi connectivity index (χ3v) is 2.17. The summed E-state index contributed by atoms with van der Waals surface area (Å²) in [4.78, 5) is 20.0. The van der Waals surface area contributed by atoms with Gasteiger partial charge in [-0.1, -0.05) is 6.07 Å². The Morgan fingerprint density at radius 2 is 2.25 bits per heavy atom. The van der Waals surface area contributed by atoms with E-state index in [-0.39, 0.29) is 30.3 Å². The van der Waals surface area contributed by atoms with E-state index in [0.29, 0.717) is 4.74 Å². The van der Waals surface area contributed by atoms with Crippen molar-refractivity contribution in [2.24, 2.45) is 0 Å². The molecular weight excluding hydrogens is 212 g/mol. The SMILES string of the molecule is O=C1CCC(O)=[N+]1OC(O)c1ccccn1. The van der Waals surface area contributed by atoms with Crippen LogP contribution < -0.4 is 0 Å². The summed E-state index contributed by atoms with van der Waals surface area (Å²) in [5.74, 6) is -0.576. The van der Waals surface area contributed by atoms with Crippen LogP contribution in [0.3, 0.4) is 0 Å². The number of nitrogens with zero attached hydrogens (tertiary/aromatic N) is 2. The van der Waals surface area contributed by atoms with Crippen LogP contribution >= 0.6 is 0 Å². The van der Waals surface area contributed by atoms with E-state index in [1.54, 1.807) is 18.2 Å². The number of hydrogen-bond acceptors (Lipinski definition) is 4. The fraction of sp³-hybridized carbons (Fsp3) is 0.300. The first-order chi connectivity index (χ1) is 7.68. The Kier molecular flexibility index (Phi) is 2.82. The van der Waals surface area contributed by atoms with Crippen LogP contribution in [0.5, 0.6) is 0 Å². The van der Waals surface area contributed by atoms with Gasteiger partial charge < -0.3 is 10.2 Å². The summed E-state index contributed by atoms with van der Waals surface area (Å²) in [5, 5.41) is 18.9. The van der Waals surface area contributed by atoms with Gasteiger partial charge >= 0.3 is 18.1 Å². The smallest absolute Gasteiger partial charge is 0.438 e. The molecule has 16 heavy (non-hydrogen) atoms. The van der Waals surface area contributed by atoms with Gasteiger partial charge in [-0.2, -0.15) is 0 Å². The number of pyridine rings is 1. The second-order valence-electron chi connectivity index (χ2n) is 3.32. The van der Waals surface area contributed by atoms with Crippen molar-refractivity contribution in [3.05, 3.63) is 30.1 Å². The third-order valence-electron chi connectivity index (χ3n) is 2.17. The van der Waals surface area contributed by atoms with E-state index in [0.717, 1.165) is 0 Å². The first kappa shape index (κ1) is 10.6. The van der Waals surface area contributed by atoms with Gasteiger partial charge in [0.2, 0.25) is 0 Å². The number of carbonyl (C=O) groups excluding carboxylic acids is 1. The Balaban J connectivity index is 2.11. The molecule has 2 heterocycles. The molecule has 2 N–H and O–H groups in total. The molecule has 1 atom stereocenters. The summed E-state index contributed by atoms with van der Waals surface area (Å²) in [6.07, 6.45) is 0.539. The molecule has 1 amide bonds. The maximum atomic E-state index is 11.2. The molecule has 0 fully saturated rings. The number of rotatable bonds is 3. The van der Waals surface area contributed by atoms with Crippen molar-refractivity contribution in [3.8, 4) is 0 Å².